The van der Waals surface area contributed by atoms with Crippen LogP contribution < -0.4 is 15.4 Å². The van der Waals surface area contributed by atoms with Gasteiger partial charge in [-0.15, -0.1) is 24.0 Å². The smallest absolute Gasteiger partial charge is 0.213 e. The van der Waals surface area contributed by atoms with Crippen molar-refractivity contribution in [1.29, 1.82) is 0 Å². The minimum atomic E-state index is 0. The van der Waals surface area contributed by atoms with Gasteiger partial charge in [0.05, 0.1) is 0 Å². The molecule has 1 fully saturated rings. The van der Waals surface area contributed by atoms with E-state index in [1.54, 1.807) is 7.05 Å². The lowest BCUT2D eigenvalue weighted by Gasteiger charge is -2.14. The summed E-state index contributed by atoms with van der Waals surface area (Å²) in [5.41, 5.74) is 1.15. The van der Waals surface area contributed by atoms with Crippen LogP contribution in [0.15, 0.2) is 23.3 Å². The zero-order valence-corrected chi connectivity index (χ0v) is 16.5. The predicted molar refractivity (Wildman–Crippen MR) is 106 cm³/mol. The SMILES string of the molecule is CCCCNC(=NC)NCc1ccnc(OC2CCCC2)c1.I. The average Bonchev–Trinajstić information content (AvgIpc) is 3.04. The van der Waals surface area contributed by atoms with Crippen LogP contribution in [0.5, 0.6) is 5.88 Å². The summed E-state index contributed by atoms with van der Waals surface area (Å²) in [6, 6.07) is 4.03. The maximum atomic E-state index is 5.94. The second-order valence-corrected chi connectivity index (χ2v) is 5.73. The third-order valence-electron chi connectivity index (χ3n) is 3.90. The van der Waals surface area contributed by atoms with Crippen LogP contribution in [0.3, 0.4) is 0 Å². The van der Waals surface area contributed by atoms with Gasteiger partial charge in [0.2, 0.25) is 5.88 Å². The average molecular weight is 432 g/mol. The Morgan fingerprint density at radius 3 is 2.83 bits per heavy atom. The molecule has 1 saturated carbocycles. The van der Waals surface area contributed by atoms with Crippen molar-refractivity contribution in [3.05, 3.63) is 23.9 Å². The van der Waals surface area contributed by atoms with E-state index in [2.05, 4.69) is 27.5 Å². The van der Waals surface area contributed by atoms with Gasteiger partial charge in [0.15, 0.2) is 5.96 Å². The predicted octanol–water partition coefficient (Wildman–Crippen LogP) is 3.49. The van der Waals surface area contributed by atoms with Crippen molar-refractivity contribution in [2.75, 3.05) is 13.6 Å². The van der Waals surface area contributed by atoms with Gasteiger partial charge in [0.25, 0.3) is 0 Å². The number of halogens is 1. The second kappa shape index (κ2) is 11.5. The minimum absolute atomic E-state index is 0. The maximum absolute atomic E-state index is 5.94. The van der Waals surface area contributed by atoms with Crippen molar-refractivity contribution in [3.8, 4) is 5.88 Å². The standard InChI is InChI=1S/C17H28N4O.HI/c1-3-4-10-20-17(18-2)21-13-14-9-11-19-16(12-14)22-15-7-5-6-8-15;/h9,11-12,15H,3-8,10,13H2,1-2H3,(H2,18,20,21);1H. The molecule has 1 aromatic heterocycles. The highest BCUT2D eigenvalue weighted by molar-refractivity contribution is 14.0. The molecule has 130 valence electrons. The van der Waals surface area contributed by atoms with Crippen LogP contribution in [0.25, 0.3) is 0 Å². The number of aromatic nitrogens is 1. The Labute approximate surface area is 156 Å². The number of hydrogen-bond donors (Lipinski definition) is 2. The lowest BCUT2D eigenvalue weighted by atomic mass is 10.2. The first kappa shape index (κ1) is 20.0. The highest BCUT2D eigenvalue weighted by Crippen LogP contribution is 2.23. The van der Waals surface area contributed by atoms with E-state index in [-0.39, 0.29) is 24.0 Å². The summed E-state index contributed by atoms with van der Waals surface area (Å²) in [5.74, 6) is 1.57. The zero-order valence-electron chi connectivity index (χ0n) is 14.2. The number of ether oxygens (including phenoxy) is 1. The molecule has 2 N–H and O–H groups in total. The molecule has 0 unspecified atom stereocenters. The first-order chi connectivity index (χ1) is 10.8. The molecule has 23 heavy (non-hydrogen) atoms. The molecule has 0 atom stereocenters. The molecule has 0 aliphatic heterocycles. The van der Waals surface area contributed by atoms with Gasteiger partial charge in [0.1, 0.15) is 6.10 Å². The fraction of sp³-hybridized carbons (Fsp3) is 0.647. The van der Waals surface area contributed by atoms with Crippen molar-refractivity contribution in [2.45, 2.75) is 58.1 Å². The normalized spacial score (nSPS) is 15.1. The Kier molecular flexibility index (Phi) is 9.98. The van der Waals surface area contributed by atoms with E-state index in [1.807, 2.05) is 18.3 Å². The summed E-state index contributed by atoms with van der Waals surface area (Å²) in [7, 11) is 1.79. The zero-order chi connectivity index (χ0) is 15.6. The van der Waals surface area contributed by atoms with Gasteiger partial charge >= 0.3 is 0 Å². The topological polar surface area (TPSA) is 58.5 Å². The molecule has 6 heteroatoms. The largest absolute Gasteiger partial charge is 0.474 e. The van der Waals surface area contributed by atoms with E-state index < -0.39 is 0 Å². The Morgan fingerprint density at radius 1 is 1.35 bits per heavy atom. The molecule has 1 heterocycles. The molecule has 5 nitrogen and oxygen atoms in total. The lowest BCUT2D eigenvalue weighted by molar-refractivity contribution is 0.201. The van der Waals surface area contributed by atoms with Gasteiger partial charge in [0, 0.05) is 32.4 Å². The number of rotatable bonds is 7. The van der Waals surface area contributed by atoms with E-state index in [0.717, 1.165) is 49.8 Å². The highest BCUT2D eigenvalue weighted by atomic mass is 127. The van der Waals surface area contributed by atoms with Crippen molar-refractivity contribution in [2.24, 2.45) is 4.99 Å². The Balaban J connectivity index is 0.00000264. The number of guanidine groups is 1. The van der Waals surface area contributed by atoms with Gasteiger partial charge in [-0.25, -0.2) is 4.98 Å². The van der Waals surface area contributed by atoms with Crippen molar-refractivity contribution in [1.82, 2.24) is 15.6 Å². The van der Waals surface area contributed by atoms with Crippen molar-refractivity contribution >= 4 is 29.9 Å². The van der Waals surface area contributed by atoms with Crippen LogP contribution in [0, 0.1) is 0 Å². The number of nitrogens with zero attached hydrogens (tertiary/aromatic N) is 2. The molecule has 0 bridgehead atoms. The number of aliphatic imine (C=N–C) groups is 1. The Morgan fingerprint density at radius 2 is 2.13 bits per heavy atom. The number of hydrogen-bond acceptors (Lipinski definition) is 3. The molecule has 0 saturated heterocycles. The van der Waals surface area contributed by atoms with Crippen LogP contribution in [0.4, 0.5) is 0 Å². The fourth-order valence-corrected chi connectivity index (χ4v) is 2.59. The fourth-order valence-electron chi connectivity index (χ4n) is 2.59. The lowest BCUT2D eigenvalue weighted by Crippen LogP contribution is -2.37. The van der Waals surface area contributed by atoms with E-state index >= 15 is 0 Å². The van der Waals surface area contributed by atoms with Gasteiger partial charge in [-0.3, -0.25) is 4.99 Å². The molecule has 0 radical (unpaired) electrons. The molecule has 1 aromatic rings. The van der Waals surface area contributed by atoms with Crippen molar-refractivity contribution < 1.29 is 4.74 Å². The Hall–Kier alpha value is -1.05. The van der Waals surface area contributed by atoms with Crippen LogP contribution >= 0.6 is 24.0 Å². The minimum Gasteiger partial charge on any atom is -0.474 e. The van der Waals surface area contributed by atoms with Gasteiger partial charge in [-0.05, 0) is 43.7 Å². The quantitative estimate of drug-likeness (QED) is 0.300. The summed E-state index contributed by atoms with van der Waals surface area (Å²) >= 11 is 0. The summed E-state index contributed by atoms with van der Waals surface area (Å²) < 4.78 is 5.94. The Bertz CT molecular complexity index is 475. The molecular weight excluding hydrogens is 403 g/mol. The van der Waals surface area contributed by atoms with E-state index in [9.17, 15) is 0 Å². The second-order valence-electron chi connectivity index (χ2n) is 5.73. The summed E-state index contributed by atoms with van der Waals surface area (Å²) in [5, 5.41) is 6.63. The van der Waals surface area contributed by atoms with Crippen LogP contribution in [-0.4, -0.2) is 30.6 Å². The molecule has 0 spiro atoms. The molecule has 1 aliphatic rings. The molecule has 0 amide bonds. The van der Waals surface area contributed by atoms with E-state index in [0.29, 0.717) is 6.10 Å². The summed E-state index contributed by atoms with van der Waals surface area (Å²) in [4.78, 5) is 8.54. The van der Waals surface area contributed by atoms with Gasteiger partial charge in [-0.2, -0.15) is 0 Å². The van der Waals surface area contributed by atoms with Gasteiger partial charge < -0.3 is 15.4 Å². The molecule has 1 aliphatic carbocycles. The van der Waals surface area contributed by atoms with Crippen LogP contribution in [0.1, 0.15) is 51.0 Å². The van der Waals surface area contributed by atoms with Crippen LogP contribution in [0.2, 0.25) is 0 Å². The highest BCUT2D eigenvalue weighted by Gasteiger charge is 2.16. The maximum Gasteiger partial charge on any atom is 0.213 e. The van der Waals surface area contributed by atoms with Gasteiger partial charge in [-0.1, -0.05) is 13.3 Å². The van der Waals surface area contributed by atoms with E-state index in [1.165, 1.54) is 19.3 Å². The number of unbranched alkanes of at least 4 members (excludes halogenated alkanes) is 1. The van der Waals surface area contributed by atoms with Crippen molar-refractivity contribution in [3.63, 3.8) is 0 Å². The number of pyridine rings is 1. The monoisotopic (exact) mass is 432 g/mol. The van der Waals surface area contributed by atoms with Crippen LogP contribution in [-0.2, 0) is 6.54 Å². The number of nitrogens with one attached hydrogen (secondary N) is 2. The third-order valence-corrected chi connectivity index (χ3v) is 3.90. The molecule has 2 rings (SSSR count). The molecular formula is C17H29IN4O. The third kappa shape index (κ3) is 7.37. The first-order valence-electron chi connectivity index (χ1n) is 8.38. The molecule has 0 aromatic carbocycles. The summed E-state index contributed by atoms with van der Waals surface area (Å²) in [6.07, 6.45) is 9.33. The van der Waals surface area contributed by atoms with E-state index in [4.69, 9.17) is 4.74 Å². The first-order valence-corrected chi connectivity index (χ1v) is 8.38. The summed E-state index contributed by atoms with van der Waals surface area (Å²) in [6.45, 7) is 3.85.